The van der Waals surface area contributed by atoms with Crippen LogP contribution in [0.3, 0.4) is 0 Å². The zero-order valence-electron chi connectivity index (χ0n) is 14.7. The number of nitrogens with one attached hydrogen (secondary N) is 3. The van der Waals surface area contributed by atoms with Crippen molar-refractivity contribution < 1.29 is 27.6 Å². The van der Waals surface area contributed by atoms with E-state index in [2.05, 4.69) is 16.0 Å². The average Bonchev–Trinajstić information content (AvgIpc) is 2.54. The largest absolute Gasteiger partial charge is 0.416 e. The minimum Gasteiger partial charge on any atom is -0.326 e. The van der Waals surface area contributed by atoms with Gasteiger partial charge in [-0.1, -0.05) is 11.6 Å². The van der Waals surface area contributed by atoms with Gasteiger partial charge in [-0.2, -0.15) is 13.2 Å². The van der Waals surface area contributed by atoms with Gasteiger partial charge in [-0.25, -0.2) is 0 Å². The number of carbonyl (C=O) groups is 3. The highest BCUT2D eigenvalue weighted by molar-refractivity contribution is 6.34. The molecule has 0 fully saturated rings. The van der Waals surface area contributed by atoms with Gasteiger partial charge < -0.3 is 16.0 Å². The minimum absolute atomic E-state index is 0.0225. The molecule has 0 aliphatic rings. The molecule has 2 aromatic carbocycles. The number of amides is 3. The molecule has 2 rings (SSSR count). The molecule has 6 nitrogen and oxygen atoms in total. The van der Waals surface area contributed by atoms with Crippen LogP contribution in [0.4, 0.5) is 30.2 Å². The van der Waals surface area contributed by atoms with Gasteiger partial charge >= 0.3 is 6.18 Å². The zero-order valence-corrected chi connectivity index (χ0v) is 15.5. The van der Waals surface area contributed by atoms with Crippen molar-refractivity contribution in [3.05, 3.63) is 52.5 Å². The van der Waals surface area contributed by atoms with Crippen LogP contribution in [0.5, 0.6) is 0 Å². The molecule has 148 valence electrons. The highest BCUT2D eigenvalue weighted by atomic mass is 35.5. The molecule has 3 N–H and O–H groups in total. The Morgan fingerprint density at radius 2 is 1.39 bits per heavy atom. The zero-order chi connectivity index (χ0) is 21.1. The van der Waals surface area contributed by atoms with Gasteiger partial charge in [0.1, 0.15) is 0 Å². The molecule has 3 amide bonds. The van der Waals surface area contributed by atoms with Crippen LogP contribution in [-0.2, 0) is 15.8 Å². The number of rotatable bonds is 4. The van der Waals surface area contributed by atoms with Crippen molar-refractivity contribution in [3.8, 4) is 0 Å². The number of alkyl halides is 3. The maximum absolute atomic E-state index is 12.7. The maximum Gasteiger partial charge on any atom is 0.416 e. The molecule has 0 heterocycles. The van der Waals surface area contributed by atoms with Crippen LogP contribution in [0.2, 0.25) is 5.02 Å². The third kappa shape index (κ3) is 5.71. The normalized spacial score (nSPS) is 10.9. The molecule has 0 aromatic heterocycles. The summed E-state index contributed by atoms with van der Waals surface area (Å²) in [5.41, 5.74) is -0.419. The minimum atomic E-state index is -4.56. The first kappa shape index (κ1) is 21.2. The molecule has 0 spiro atoms. The van der Waals surface area contributed by atoms with Gasteiger partial charge in [0.15, 0.2) is 0 Å². The molecule has 0 radical (unpaired) electrons. The van der Waals surface area contributed by atoms with E-state index in [-0.39, 0.29) is 27.6 Å². The second-order valence-corrected chi connectivity index (χ2v) is 6.22. The summed E-state index contributed by atoms with van der Waals surface area (Å²) in [7, 11) is 0. The Kier molecular flexibility index (Phi) is 6.30. The summed E-state index contributed by atoms with van der Waals surface area (Å²) in [5.74, 6) is -1.48. The third-order valence-corrected chi connectivity index (χ3v) is 3.69. The first-order chi connectivity index (χ1) is 13.0. The van der Waals surface area contributed by atoms with Gasteiger partial charge in [-0.05, 0) is 36.4 Å². The molecule has 0 aliphatic carbocycles. The lowest BCUT2D eigenvalue weighted by Crippen LogP contribution is -2.15. The smallest absolute Gasteiger partial charge is 0.326 e. The number of hydrogen-bond donors (Lipinski definition) is 3. The Morgan fingerprint density at radius 3 is 1.82 bits per heavy atom. The standard InChI is InChI=1S/C18H15ClF3N3O3/c1-9(26)23-13-5-11(6-14(8-13)24-10(2)27)17(28)25-16-4-3-12(7-15(16)19)18(20,21)22/h3-8H,1-2H3,(H,23,26)(H,24,27)(H,25,28). The lowest BCUT2D eigenvalue weighted by Gasteiger charge is -2.13. The molecule has 0 aliphatic heterocycles. The first-order valence-electron chi connectivity index (χ1n) is 7.84. The number of halogens is 4. The topological polar surface area (TPSA) is 87.3 Å². The Morgan fingerprint density at radius 1 is 0.857 bits per heavy atom. The van der Waals surface area contributed by atoms with E-state index in [0.29, 0.717) is 6.07 Å². The molecular formula is C18H15ClF3N3O3. The second-order valence-electron chi connectivity index (χ2n) is 5.81. The van der Waals surface area contributed by atoms with E-state index < -0.39 is 29.5 Å². The monoisotopic (exact) mass is 413 g/mol. The van der Waals surface area contributed by atoms with E-state index >= 15 is 0 Å². The summed E-state index contributed by atoms with van der Waals surface area (Å²) in [5, 5.41) is 7.10. The number of benzene rings is 2. The molecule has 0 atom stereocenters. The van der Waals surface area contributed by atoms with Gasteiger partial charge in [-0.3, -0.25) is 14.4 Å². The summed E-state index contributed by atoms with van der Waals surface area (Å²) >= 11 is 5.84. The Hall–Kier alpha value is -3.07. The summed E-state index contributed by atoms with van der Waals surface area (Å²) in [4.78, 5) is 35.0. The third-order valence-electron chi connectivity index (χ3n) is 3.38. The maximum atomic E-state index is 12.7. The fourth-order valence-electron chi connectivity index (χ4n) is 2.30. The summed E-state index contributed by atoms with van der Waals surface area (Å²) in [6, 6.07) is 6.67. The molecule has 0 unspecified atom stereocenters. The fourth-order valence-corrected chi connectivity index (χ4v) is 2.52. The molecule has 0 saturated heterocycles. The predicted octanol–water partition coefficient (Wildman–Crippen LogP) is 4.53. The van der Waals surface area contributed by atoms with Gasteiger partial charge in [0.2, 0.25) is 11.8 Å². The Bertz CT molecular complexity index is 911. The van der Waals surface area contributed by atoms with Crippen LogP contribution in [0, 0.1) is 0 Å². The average molecular weight is 414 g/mol. The van der Waals surface area contributed by atoms with Crippen LogP contribution < -0.4 is 16.0 Å². The van der Waals surface area contributed by atoms with Crippen LogP contribution >= 0.6 is 11.6 Å². The molecular weight excluding hydrogens is 399 g/mol. The highest BCUT2D eigenvalue weighted by Gasteiger charge is 2.31. The van der Waals surface area contributed by atoms with E-state index in [4.69, 9.17) is 11.6 Å². The van der Waals surface area contributed by atoms with Crippen LogP contribution in [0.25, 0.3) is 0 Å². The molecule has 0 bridgehead atoms. The summed E-state index contributed by atoms with van der Waals surface area (Å²) in [6.45, 7) is 2.54. The number of carbonyl (C=O) groups excluding carboxylic acids is 3. The van der Waals surface area contributed by atoms with Gasteiger partial charge in [-0.15, -0.1) is 0 Å². The van der Waals surface area contributed by atoms with Gasteiger partial charge in [0, 0.05) is 30.8 Å². The fraction of sp³-hybridized carbons (Fsp3) is 0.167. The highest BCUT2D eigenvalue weighted by Crippen LogP contribution is 2.34. The number of anilines is 3. The quantitative estimate of drug-likeness (QED) is 0.688. The molecule has 0 saturated carbocycles. The SMILES string of the molecule is CC(=O)Nc1cc(NC(C)=O)cc(C(=O)Nc2ccc(C(F)(F)F)cc2Cl)c1. The van der Waals surface area contributed by atoms with E-state index in [1.54, 1.807) is 0 Å². The molecule has 10 heteroatoms. The van der Waals surface area contributed by atoms with Crippen molar-refractivity contribution in [2.24, 2.45) is 0 Å². The molecule has 2 aromatic rings. The predicted molar refractivity (Wildman–Crippen MR) is 99.5 cm³/mol. The van der Waals surface area contributed by atoms with Crippen molar-refractivity contribution in [1.29, 1.82) is 0 Å². The van der Waals surface area contributed by atoms with Gasteiger partial charge in [0.05, 0.1) is 16.3 Å². The van der Waals surface area contributed by atoms with Crippen molar-refractivity contribution in [3.63, 3.8) is 0 Å². The number of hydrogen-bond acceptors (Lipinski definition) is 3. The van der Waals surface area contributed by atoms with Gasteiger partial charge in [0.25, 0.3) is 5.91 Å². The van der Waals surface area contributed by atoms with Crippen LogP contribution in [-0.4, -0.2) is 17.7 Å². The lowest BCUT2D eigenvalue weighted by molar-refractivity contribution is -0.137. The first-order valence-corrected chi connectivity index (χ1v) is 8.22. The van der Waals surface area contributed by atoms with Crippen molar-refractivity contribution in [1.82, 2.24) is 0 Å². The van der Waals surface area contributed by atoms with E-state index in [1.165, 1.54) is 32.0 Å². The van der Waals surface area contributed by atoms with Crippen molar-refractivity contribution >= 4 is 46.4 Å². The van der Waals surface area contributed by atoms with Crippen molar-refractivity contribution in [2.45, 2.75) is 20.0 Å². The second kappa shape index (κ2) is 8.30. The summed E-state index contributed by atoms with van der Waals surface area (Å²) < 4.78 is 38.1. The Labute approximate surface area is 163 Å². The van der Waals surface area contributed by atoms with Crippen molar-refractivity contribution in [2.75, 3.05) is 16.0 Å². The lowest BCUT2D eigenvalue weighted by atomic mass is 10.1. The summed E-state index contributed by atoms with van der Waals surface area (Å²) in [6.07, 6.45) is -4.56. The van der Waals surface area contributed by atoms with E-state index in [9.17, 15) is 27.6 Å². The Balaban J connectivity index is 2.32. The van der Waals surface area contributed by atoms with E-state index in [0.717, 1.165) is 12.1 Å². The van der Waals surface area contributed by atoms with Crippen LogP contribution in [0.15, 0.2) is 36.4 Å². The molecule has 28 heavy (non-hydrogen) atoms. The van der Waals surface area contributed by atoms with E-state index in [1.807, 2.05) is 0 Å². The van der Waals surface area contributed by atoms with Crippen LogP contribution in [0.1, 0.15) is 29.8 Å².